The van der Waals surface area contributed by atoms with E-state index in [2.05, 4.69) is 26.1 Å². The van der Waals surface area contributed by atoms with E-state index < -0.39 is 6.10 Å². The van der Waals surface area contributed by atoms with Gasteiger partial charge in [-0.15, -0.1) is 0 Å². The predicted octanol–water partition coefficient (Wildman–Crippen LogP) is 2.25. The third-order valence-electron chi connectivity index (χ3n) is 4.57. The van der Waals surface area contributed by atoms with E-state index in [0.717, 1.165) is 30.7 Å². The number of rotatable bonds is 5. The number of ether oxygens (including phenoxy) is 1. The van der Waals surface area contributed by atoms with E-state index in [9.17, 15) is 4.79 Å². The fraction of sp³-hybridized carbons (Fsp3) is 0.471. The summed E-state index contributed by atoms with van der Waals surface area (Å²) in [5.74, 6) is 0.821. The van der Waals surface area contributed by atoms with Gasteiger partial charge in [0.2, 0.25) is 0 Å². The highest BCUT2D eigenvalue weighted by molar-refractivity contribution is 7.71. The van der Waals surface area contributed by atoms with Gasteiger partial charge in [-0.05, 0) is 42.6 Å². The first-order valence-corrected chi connectivity index (χ1v) is 8.78. The number of amides is 1. The van der Waals surface area contributed by atoms with Crippen molar-refractivity contribution in [2.45, 2.75) is 37.8 Å². The average Bonchev–Trinajstić information content (AvgIpc) is 3.37. The molecule has 1 unspecified atom stereocenters. The van der Waals surface area contributed by atoms with Crippen LogP contribution in [0.1, 0.15) is 41.9 Å². The van der Waals surface area contributed by atoms with E-state index in [1.54, 1.807) is 0 Å². The quantitative estimate of drug-likeness (QED) is 0.816. The SMILES string of the molecule is O=C(NCCc1n[nH]c(=S)n1C1CC1)C1OCCc2ccccc21. The minimum atomic E-state index is -0.515. The molecule has 24 heavy (non-hydrogen) atoms. The third kappa shape index (κ3) is 3.01. The van der Waals surface area contributed by atoms with E-state index in [4.69, 9.17) is 17.0 Å². The lowest BCUT2D eigenvalue weighted by Crippen LogP contribution is -2.35. The Labute approximate surface area is 145 Å². The molecule has 2 N–H and O–H groups in total. The zero-order valence-corrected chi connectivity index (χ0v) is 14.1. The standard InChI is InChI=1S/C17H20N4O2S/c22-16(15-13-4-2-1-3-11(13)8-10-23-15)18-9-7-14-19-20-17(24)21(14)12-5-6-12/h1-4,12,15H,5-10H2,(H,18,22)(H,20,24). The van der Waals surface area contributed by atoms with Gasteiger partial charge in [0.25, 0.3) is 5.91 Å². The van der Waals surface area contributed by atoms with Crippen LogP contribution >= 0.6 is 12.2 Å². The lowest BCUT2D eigenvalue weighted by Gasteiger charge is -2.25. The lowest BCUT2D eigenvalue weighted by molar-refractivity contribution is -0.134. The zero-order valence-electron chi connectivity index (χ0n) is 13.3. The molecule has 1 fully saturated rings. The van der Waals surface area contributed by atoms with Crippen molar-refractivity contribution < 1.29 is 9.53 Å². The summed E-state index contributed by atoms with van der Waals surface area (Å²) in [5.41, 5.74) is 2.17. The van der Waals surface area contributed by atoms with Gasteiger partial charge in [-0.3, -0.25) is 9.89 Å². The average molecular weight is 344 g/mol. The topological polar surface area (TPSA) is 71.9 Å². The maximum Gasteiger partial charge on any atom is 0.253 e. The van der Waals surface area contributed by atoms with Crippen LogP contribution in [0.15, 0.2) is 24.3 Å². The molecule has 1 aromatic carbocycles. The largest absolute Gasteiger partial charge is 0.363 e. The highest BCUT2D eigenvalue weighted by atomic mass is 32.1. The van der Waals surface area contributed by atoms with Crippen LogP contribution in [-0.4, -0.2) is 33.8 Å². The molecule has 1 aromatic heterocycles. The summed E-state index contributed by atoms with van der Waals surface area (Å²) in [7, 11) is 0. The molecular formula is C17H20N4O2S. The molecular weight excluding hydrogens is 324 g/mol. The Kier molecular flexibility index (Phi) is 4.20. The predicted molar refractivity (Wildman–Crippen MR) is 91.2 cm³/mol. The zero-order chi connectivity index (χ0) is 16.5. The van der Waals surface area contributed by atoms with Crippen molar-refractivity contribution >= 4 is 18.1 Å². The molecule has 6 nitrogen and oxygen atoms in total. The minimum Gasteiger partial charge on any atom is -0.363 e. The number of fused-ring (bicyclic) bond motifs is 1. The molecule has 126 valence electrons. The van der Waals surface area contributed by atoms with Crippen molar-refractivity contribution in [2.75, 3.05) is 13.2 Å². The number of hydrogen-bond donors (Lipinski definition) is 2. The number of aromatic amines is 1. The van der Waals surface area contributed by atoms with Crippen molar-refractivity contribution in [2.24, 2.45) is 0 Å². The van der Waals surface area contributed by atoms with Gasteiger partial charge in [-0.1, -0.05) is 24.3 Å². The molecule has 2 aromatic rings. The number of hydrogen-bond acceptors (Lipinski definition) is 4. The molecule has 0 saturated heterocycles. The lowest BCUT2D eigenvalue weighted by atomic mass is 9.97. The van der Waals surface area contributed by atoms with E-state index >= 15 is 0 Å². The van der Waals surface area contributed by atoms with E-state index in [1.165, 1.54) is 5.56 Å². The van der Waals surface area contributed by atoms with Crippen molar-refractivity contribution in [1.29, 1.82) is 0 Å². The smallest absolute Gasteiger partial charge is 0.253 e. The molecule has 4 rings (SSSR count). The molecule has 2 heterocycles. The van der Waals surface area contributed by atoms with Crippen molar-refractivity contribution in [1.82, 2.24) is 20.1 Å². The summed E-state index contributed by atoms with van der Waals surface area (Å²) in [4.78, 5) is 12.5. The number of carbonyl (C=O) groups excluding carboxylic acids is 1. The Bertz CT molecular complexity index is 809. The van der Waals surface area contributed by atoms with E-state index in [-0.39, 0.29) is 5.91 Å². The maximum absolute atomic E-state index is 12.5. The monoisotopic (exact) mass is 344 g/mol. The fourth-order valence-corrected chi connectivity index (χ4v) is 3.52. The molecule has 1 atom stereocenters. The molecule has 1 amide bonds. The molecule has 1 aliphatic carbocycles. The van der Waals surface area contributed by atoms with Gasteiger partial charge in [0.15, 0.2) is 10.9 Å². The van der Waals surface area contributed by atoms with Crippen molar-refractivity contribution in [3.05, 3.63) is 46.0 Å². The normalized spacial score (nSPS) is 19.8. The van der Waals surface area contributed by atoms with Crippen LogP contribution in [0, 0.1) is 4.77 Å². The van der Waals surface area contributed by atoms with Crippen LogP contribution in [-0.2, 0) is 22.4 Å². The van der Waals surface area contributed by atoms with Crippen LogP contribution in [0.5, 0.6) is 0 Å². The number of H-pyrrole nitrogens is 1. The molecule has 0 spiro atoms. The summed E-state index contributed by atoms with van der Waals surface area (Å²) in [6, 6.07) is 8.46. The summed E-state index contributed by atoms with van der Waals surface area (Å²) >= 11 is 5.27. The minimum absolute atomic E-state index is 0.0887. The van der Waals surface area contributed by atoms with Crippen molar-refractivity contribution in [3.8, 4) is 0 Å². The van der Waals surface area contributed by atoms with E-state index in [0.29, 0.717) is 30.4 Å². The number of nitrogens with one attached hydrogen (secondary N) is 2. The third-order valence-corrected chi connectivity index (χ3v) is 4.86. The molecule has 0 radical (unpaired) electrons. The fourth-order valence-electron chi connectivity index (χ4n) is 3.22. The van der Waals surface area contributed by atoms with Gasteiger partial charge in [0, 0.05) is 19.0 Å². The first kappa shape index (κ1) is 15.5. The van der Waals surface area contributed by atoms with Gasteiger partial charge >= 0.3 is 0 Å². The second-order valence-corrected chi connectivity index (χ2v) is 6.67. The Morgan fingerprint density at radius 1 is 1.42 bits per heavy atom. The Morgan fingerprint density at radius 3 is 3.08 bits per heavy atom. The Hall–Kier alpha value is -1.99. The van der Waals surface area contributed by atoms with Crippen LogP contribution in [0.25, 0.3) is 0 Å². The first-order valence-electron chi connectivity index (χ1n) is 8.37. The molecule has 2 aliphatic rings. The highest BCUT2D eigenvalue weighted by Crippen LogP contribution is 2.35. The molecule has 0 bridgehead atoms. The number of aromatic nitrogens is 3. The van der Waals surface area contributed by atoms with Gasteiger partial charge < -0.3 is 14.6 Å². The summed E-state index contributed by atoms with van der Waals surface area (Å²) in [5, 5.41) is 10.1. The van der Waals surface area contributed by atoms with Crippen molar-refractivity contribution in [3.63, 3.8) is 0 Å². The second-order valence-electron chi connectivity index (χ2n) is 6.29. The van der Waals surface area contributed by atoms with Crippen LogP contribution in [0.2, 0.25) is 0 Å². The molecule has 1 aliphatic heterocycles. The Morgan fingerprint density at radius 2 is 2.25 bits per heavy atom. The van der Waals surface area contributed by atoms with Gasteiger partial charge in [0.05, 0.1) is 6.61 Å². The van der Waals surface area contributed by atoms with Crippen LogP contribution in [0.4, 0.5) is 0 Å². The summed E-state index contributed by atoms with van der Waals surface area (Å²) < 4.78 is 8.44. The molecule has 7 heteroatoms. The van der Waals surface area contributed by atoms with E-state index in [1.807, 2.05) is 18.2 Å². The summed E-state index contributed by atoms with van der Waals surface area (Å²) in [6.07, 6.45) is 3.30. The number of carbonyl (C=O) groups is 1. The van der Waals surface area contributed by atoms with Gasteiger partial charge in [0.1, 0.15) is 5.82 Å². The van der Waals surface area contributed by atoms with Gasteiger partial charge in [-0.2, -0.15) is 5.10 Å². The van der Waals surface area contributed by atoms with Gasteiger partial charge in [-0.25, -0.2) is 0 Å². The highest BCUT2D eigenvalue weighted by Gasteiger charge is 2.28. The summed E-state index contributed by atoms with van der Waals surface area (Å²) in [6.45, 7) is 1.10. The second kappa shape index (κ2) is 6.49. The number of benzene rings is 1. The number of nitrogens with zero attached hydrogens (tertiary/aromatic N) is 2. The maximum atomic E-state index is 12.5. The Balaban J connectivity index is 1.39. The first-order chi connectivity index (χ1) is 11.7. The molecule has 1 saturated carbocycles. The van der Waals surface area contributed by atoms with Crippen LogP contribution < -0.4 is 5.32 Å². The van der Waals surface area contributed by atoms with Crippen LogP contribution in [0.3, 0.4) is 0 Å².